The number of aryl methyl sites for hydroxylation is 1. The number of piperidine rings is 1. The highest BCUT2D eigenvalue weighted by Gasteiger charge is 2.32. The molecule has 1 aromatic heterocycles. The van der Waals surface area contributed by atoms with Gasteiger partial charge in [-0.25, -0.2) is 0 Å². The zero-order chi connectivity index (χ0) is 25.1. The van der Waals surface area contributed by atoms with Gasteiger partial charge in [-0.3, -0.25) is 9.69 Å². The molecular weight excluding hydrogens is 478 g/mol. The number of ether oxygens (including phenoxy) is 1. The quantitative estimate of drug-likeness (QED) is 0.491. The molecule has 1 amide bonds. The Balaban J connectivity index is 1.15. The van der Waals surface area contributed by atoms with E-state index < -0.39 is 0 Å². The third-order valence-corrected chi connectivity index (χ3v) is 7.37. The molecule has 0 spiro atoms. The van der Waals surface area contributed by atoms with E-state index in [0.717, 1.165) is 67.6 Å². The number of nitrogens with zero attached hydrogens (tertiary/aromatic N) is 5. The Kier molecular flexibility index (Phi) is 7.43. The van der Waals surface area contributed by atoms with Gasteiger partial charge in [0.2, 0.25) is 17.6 Å². The Bertz CT molecular complexity index is 1190. The van der Waals surface area contributed by atoms with Crippen LogP contribution < -0.4 is 9.64 Å². The molecule has 2 aliphatic rings. The van der Waals surface area contributed by atoms with E-state index in [1.54, 1.807) is 7.11 Å². The first-order valence-electron chi connectivity index (χ1n) is 12.5. The molecule has 0 N–H and O–H groups in total. The molecule has 3 aromatic rings. The standard InChI is InChI=1S/C27H32ClN5O3/c1-19-5-8-22(28)16-24(19)32-12-14-33(15-13-32)27(34)21-4-3-11-31(17-21)18-25-29-26(30-36-25)20-6-9-23(35-2)10-7-20/h5-10,16,21H,3-4,11-15,17-18H2,1-2H3. The van der Waals surface area contributed by atoms with Crippen molar-refractivity contribution in [3.63, 3.8) is 0 Å². The van der Waals surface area contributed by atoms with Crippen molar-refractivity contribution < 1.29 is 14.1 Å². The van der Waals surface area contributed by atoms with Crippen molar-refractivity contribution in [2.75, 3.05) is 51.3 Å². The average molecular weight is 510 g/mol. The first-order valence-corrected chi connectivity index (χ1v) is 12.9. The van der Waals surface area contributed by atoms with Crippen LogP contribution in [0.1, 0.15) is 24.3 Å². The molecule has 0 radical (unpaired) electrons. The summed E-state index contributed by atoms with van der Waals surface area (Å²) >= 11 is 6.22. The van der Waals surface area contributed by atoms with Gasteiger partial charge in [0.05, 0.1) is 19.6 Å². The van der Waals surface area contributed by atoms with Crippen LogP contribution in [0.3, 0.4) is 0 Å². The summed E-state index contributed by atoms with van der Waals surface area (Å²) in [5.41, 5.74) is 3.25. The Morgan fingerprint density at radius 1 is 1.11 bits per heavy atom. The number of anilines is 1. The van der Waals surface area contributed by atoms with E-state index in [1.807, 2.05) is 41.3 Å². The van der Waals surface area contributed by atoms with Gasteiger partial charge in [-0.1, -0.05) is 22.8 Å². The molecule has 2 aromatic carbocycles. The second kappa shape index (κ2) is 10.9. The molecule has 0 saturated carbocycles. The predicted octanol–water partition coefficient (Wildman–Crippen LogP) is 4.27. The molecule has 0 aliphatic carbocycles. The van der Waals surface area contributed by atoms with Gasteiger partial charge in [-0.2, -0.15) is 4.98 Å². The lowest BCUT2D eigenvalue weighted by Crippen LogP contribution is -2.52. The third-order valence-electron chi connectivity index (χ3n) is 7.13. The van der Waals surface area contributed by atoms with Crippen molar-refractivity contribution in [2.24, 2.45) is 5.92 Å². The summed E-state index contributed by atoms with van der Waals surface area (Å²) in [6.07, 6.45) is 1.90. The largest absolute Gasteiger partial charge is 0.497 e. The van der Waals surface area contributed by atoms with E-state index in [4.69, 9.17) is 20.9 Å². The SMILES string of the molecule is COc1ccc(-c2noc(CN3CCCC(C(=O)N4CCN(c5cc(Cl)ccc5C)CC4)C3)n2)cc1. The molecule has 8 nitrogen and oxygen atoms in total. The van der Waals surface area contributed by atoms with Crippen LogP contribution in [0.4, 0.5) is 5.69 Å². The summed E-state index contributed by atoms with van der Waals surface area (Å²) in [4.78, 5) is 24.5. The summed E-state index contributed by atoms with van der Waals surface area (Å²) in [5, 5.41) is 4.88. The van der Waals surface area contributed by atoms with Crippen LogP contribution in [0.15, 0.2) is 47.0 Å². The van der Waals surface area contributed by atoms with Gasteiger partial charge in [0, 0.05) is 49.0 Å². The third kappa shape index (κ3) is 5.50. The maximum Gasteiger partial charge on any atom is 0.241 e. The zero-order valence-corrected chi connectivity index (χ0v) is 21.6. The summed E-state index contributed by atoms with van der Waals surface area (Å²) in [7, 11) is 1.64. The van der Waals surface area contributed by atoms with E-state index in [-0.39, 0.29) is 11.8 Å². The monoisotopic (exact) mass is 509 g/mol. The number of halogens is 1. The van der Waals surface area contributed by atoms with Crippen LogP contribution in [-0.4, -0.2) is 72.2 Å². The molecule has 9 heteroatoms. The Labute approximate surface area is 216 Å². The van der Waals surface area contributed by atoms with E-state index in [9.17, 15) is 4.79 Å². The second-order valence-electron chi connectivity index (χ2n) is 9.56. The van der Waals surface area contributed by atoms with Gasteiger partial charge in [-0.05, 0) is 68.3 Å². The number of amides is 1. The van der Waals surface area contributed by atoms with Crippen LogP contribution >= 0.6 is 11.6 Å². The van der Waals surface area contributed by atoms with Crippen molar-refractivity contribution in [2.45, 2.75) is 26.3 Å². The number of carbonyl (C=O) groups is 1. The van der Waals surface area contributed by atoms with E-state index in [1.165, 1.54) is 5.56 Å². The highest BCUT2D eigenvalue weighted by molar-refractivity contribution is 6.30. The zero-order valence-electron chi connectivity index (χ0n) is 20.8. The Morgan fingerprint density at radius 2 is 1.89 bits per heavy atom. The molecule has 2 aliphatic heterocycles. The van der Waals surface area contributed by atoms with Crippen LogP contribution in [0, 0.1) is 12.8 Å². The number of benzene rings is 2. The summed E-state index contributed by atoms with van der Waals surface area (Å²) < 4.78 is 10.7. The van der Waals surface area contributed by atoms with Gasteiger partial charge < -0.3 is 19.1 Å². The summed E-state index contributed by atoms with van der Waals surface area (Å²) in [6, 6.07) is 13.6. The van der Waals surface area contributed by atoms with Crippen molar-refractivity contribution in [3.05, 3.63) is 58.9 Å². The van der Waals surface area contributed by atoms with Crippen LogP contribution in [-0.2, 0) is 11.3 Å². The highest BCUT2D eigenvalue weighted by Crippen LogP contribution is 2.27. The van der Waals surface area contributed by atoms with Crippen molar-refractivity contribution in [1.82, 2.24) is 19.9 Å². The molecule has 3 heterocycles. The van der Waals surface area contributed by atoms with Gasteiger partial charge in [0.15, 0.2) is 0 Å². The number of hydrogen-bond acceptors (Lipinski definition) is 7. The molecular formula is C27H32ClN5O3. The number of hydrogen-bond donors (Lipinski definition) is 0. The minimum absolute atomic E-state index is 0.00202. The summed E-state index contributed by atoms with van der Waals surface area (Å²) in [5.74, 6) is 2.17. The van der Waals surface area contributed by atoms with Crippen LogP contribution in [0.5, 0.6) is 5.75 Å². The lowest BCUT2D eigenvalue weighted by Gasteiger charge is -2.40. The first-order chi connectivity index (χ1) is 17.5. The molecule has 2 saturated heterocycles. The molecule has 190 valence electrons. The highest BCUT2D eigenvalue weighted by atomic mass is 35.5. The lowest BCUT2D eigenvalue weighted by atomic mass is 9.96. The molecule has 0 bridgehead atoms. The Hall–Kier alpha value is -3.10. The van der Waals surface area contributed by atoms with Gasteiger partial charge in [0.1, 0.15) is 5.75 Å². The molecule has 36 heavy (non-hydrogen) atoms. The summed E-state index contributed by atoms with van der Waals surface area (Å²) in [6.45, 7) is 7.39. The smallest absolute Gasteiger partial charge is 0.241 e. The number of aromatic nitrogens is 2. The molecule has 1 atom stereocenters. The first kappa shape index (κ1) is 24.6. The van der Waals surface area contributed by atoms with E-state index >= 15 is 0 Å². The number of likely N-dealkylation sites (tertiary alicyclic amines) is 1. The molecule has 2 fully saturated rings. The van der Waals surface area contributed by atoms with Gasteiger partial charge >= 0.3 is 0 Å². The average Bonchev–Trinajstić information content (AvgIpc) is 3.38. The second-order valence-corrected chi connectivity index (χ2v) is 9.99. The Morgan fingerprint density at radius 3 is 2.64 bits per heavy atom. The molecule has 1 unspecified atom stereocenters. The number of piperazine rings is 1. The minimum atomic E-state index is 0.00202. The minimum Gasteiger partial charge on any atom is -0.497 e. The number of carbonyl (C=O) groups excluding carboxylic acids is 1. The maximum absolute atomic E-state index is 13.4. The predicted molar refractivity (Wildman–Crippen MR) is 139 cm³/mol. The van der Waals surface area contributed by atoms with E-state index in [2.05, 4.69) is 32.9 Å². The fraction of sp³-hybridized carbons (Fsp3) is 0.444. The number of rotatable bonds is 6. The maximum atomic E-state index is 13.4. The fourth-order valence-corrected chi connectivity index (χ4v) is 5.28. The van der Waals surface area contributed by atoms with E-state index in [0.29, 0.717) is 24.8 Å². The lowest BCUT2D eigenvalue weighted by molar-refractivity contribution is -0.137. The van der Waals surface area contributed by atoms with Crippen molar-refractivity contribution in [1.29, 1.82) is 0 Å². The topological polar surface area (TPSA) is 74.9 Å². The van der Waals surface area contributed by atoms with Crippen molar-refractivity contribution >= 4 is 23.2 Å². The van der Waals surface area contributed by atoms with Crippen LogP contribution in [0.25, 0.3) is 11.4 Å². The fourth-order valence-electron chi connectivity index (χ4n) is 5.12. The number of methoxy groups -OCH3 is 1. The molecule has 5 rings (SSSR count). The van der Waals surface area contributed by atoms with Crippen molar-refractivity contribution in [3.8, 4) is 17.1 Å². The normalized spacial score (nSPS) is 18.9. The van der Waals surface area contributed by atoms with Crippen LogP contribution in [0.2, 0.25) is 5.02 Å². The van der Waals surface area contributed by atoms with Gasteiger partial charge in [0.25, 0.3) is 0 Å². The van der Waals surface area contributed by atoms with Gasteiger partial charge in [-0.15, -0.1) is 0 Å².